The molecule has 1 aromatic carbocycles. The van der Waals surface area contributed by atoms with E-state index in [9.17, 15) is 19.7 Å². The fourth-order valence-electron chi connectivity index (χ4n) is 3.43. The zero-order chi connectivity index (χ0) is 14.3. The lowest BCUT2D eigenvalue weighted by molar-refractivity contribution is -0.384. The first-order chi connectivity index (χ1) is 9.49. The van der Waals surface area contributed by atoms with Crippen LogP contribution >= 0.6 is 0 Å². The third-order valence-electron chi connectivity index (χ3n) is 4.57. The highest BCUT2D eigenvalue weighted by atomic mass is 16.6. The number of ketones is 2. The van der Waals surface area contributed by atoms with E-state index in [2.05, 4.69) is 0 Å². The minimum atomic E-state index is -0.434. The van der Waals surface area contributed by atoms with Crippen molar-refractivity contribution in [2.45, 2.75) is 38.5 Å². The number of nitrogens with zero attached hydrogens (tertiary/aromatic N) is 1. The summed E-state index contributed by atoms with van der Waals surface area (Å²) in [6.45, 7) is 0. The number of nitro benzene ring substituents is 1. The first-order valence-electron chi connectivity index (χ1n) is 6.81. The second-order valence-corrected chi connectivity index (χ2v) is 5.91. The first-order valence-corrected chi connectivity index (χ1v) is 6.81. The van der Waals surface area contributed by atoms with E-state index in [0.717, 1.165) is 18.4 Å². The molecule has 2 aliphatic rings. The molecule has 5 heteroatoms. The highest BCUT2D eigenvalue weighted by molar-refractivity contribution is 5.99. The minimum Gasteiger partial charge on any atom is -0.300 e. The Labute approximate surface area is 116 Å². The molecule has 1 spiro atoms. The Morgan fingerprint density at radius 3 is 2.45 bits per heavy atom. The van der Waals surface area contributed by atoms with Crippen molar-refractivity contribution in [2.75, 3.05) is 0 Å². The summed E-state index contributed by atoms with van der Waals surface area (Å²) in [6, 6.07) is 4.47. The van der Waals surface area contributed by atoms with Gasteiger partial charge in [0.15, 0.2) is 5.78 Å². The highest BCUT2D eigenvalue weighted by Crippen LogP contribution is 2.45. The van der Waals surface area contributed by atoms with Crippen molar-refractivity contribution in [1.82, 2.24) is 0 Å². The molecule has 0 radical (unpaired) electrons. The van der Waals surface area contributed by atoms with Gasteiger partial charge in [-0.2, -0.15) is 0 Å². The fraction of sp³-hybridized carbons (Fsp3) is 0.467. The molecule has 0 unspecified atom stereocenters. The molecular formula is C15H15NO4. The van der Waals surface area contributed by atoms with Crippen LogP contribution in [0.3, 0.4) is 0 Å². The van der Waals surface area contributed by atoms with Crippen molar-refractivity contribution in [2.24, 2.45) is 5.41 Å². The average Bonchev–Trinajstić information content (AvgIpc) is 2.42. The number of hydrogen-bond donors (Lipinski definition) is 0. The van der Waals surface area contributed by atoms with Crippen LogP contribution in [0.15, 0.2) is 18.2 Å². The molecule has 104 valence electrons. The number of benzene rings is 1. The maximum Gasteiger partial charge on any atom is 0.269 e. The largest absolute Gasteiger partial charge is 0.300 e. The minimum absolute atomic E-state index is 0.0282. The Morgan fingerprint density at radius 2 is 1.80 bits per heavy atom. The summed E-state index contributed by atoms with van der Waals surface area (Å²) < 4.78 is 0. The van der Waals surface area contributed by atoms with Gasteiger partial charge in [0.2, 0.25) is 0 Å². The molecule has 20 heavy (non-hydrogen) atoms. The summed E-state index contributed by atoms with van der Waals surface area (Å²) in [5.41, 5.74) is 1.25. The molecule has 1 aromatic rings. The molecule has 0 N–H and O–H groups in total. The quantitative estimate of drug-likeness (QED) is 0.582. The molecule has 0 amide bonds. The monoisotopic (exact) mass is 273 g/mol. The smallest absolute Gasteiger partial charge is 0.269 e. The van der Waals surface area contributed by atoms with Crippen LogP contribution in [0.1, 0.15) is 48.0 Å². The number of hydrogen-bond acceptors (Lipinski definition) is 4. The van der Waals surface area contributed by atoms with E-state index in [1.807, 2.05) is 0 Å². The van der Waals surface area contributed by atoms with Crippen molar-refractivity contribution < 1.29 is 14.5 Å². The van der Waals surface area contributed by atoms with Gasteiger partial charge in [-0.25, -0.2) is 0 Å². The zero-order valence-corrected chi connectivity index (χ0v) is 11.1. The molecule has 0 bridgehead atoms. The lowest BCUT2D eigenvalue weighted by Gasteiger charge is -2.39. The summed E-state index contributed by atoms with van der Waals surface area (Å²) in [5.74, 6) is 0.309. The third kappa shape index (κ3) is 2.13. The van der Waals surface area contributed by atoms with Gasteiger partial charge >= 0.3 is 0 Å². The summed E-state index contributed by atoms with van der Waals surface area (Å²) in [7, 11) is 0. The lowest BCUT2D eigenvalue weighted by Crippen LogP contribution is -2.36. The van der Waals surface area contributed by atoms with E-state index >= 15 is 0 Å². The maximum atomic E-state index is 12.3. The van der Waals surface area contributed by atoms with Crippen LogP contribution in [0.25, 0.3) is 0 Å². The number of nitro groups is 1. The fourth-order valence-corrected chi connectivity index (χ4v) is 3.43. The standard InChI is InChI=1S/C15H15NO4/c17-12-3-5-15(6-4-12)8-10-7-11(16(19)20)1-2-13(10)14(18)9-15/h1-2,7H,3-6,8-9H2. The van der Waals surface area contributed by atoms with Crippen LogP contribution in [0.5, 0.6) is 0 Å². The second-order valence-electron chi connectivity index (χ2n) is 5.91. The Hall–Kier alpha value is -2.04. The van der Waals surface area contributed by atoms with Gasteiger partial charge in [-0.1, -0.05) is 0 Å². The Balaban J connectivity index is 1.96. The van der Waals surface area contributed by atoms with Crippen LogP contribution in [0.2, 0.25) is 0 Å². The zero-order valence-electron chi connectivity index (χ0n) is 11.1. The third-order valence-corrected chi connectivity index (χ3v) is 4.57. The molecule has 5 nitrogen and oxygen atoms in total. The summed E-state index contributed by atoms with van der Waals surface area (Å²) in [6.07, 6.45) is 3.63. The molecule has 0 atom stereocenters. The number of carbonyl (C=O) groups excluding carboxylic acids is 2. The van der Waals surface area contributed by atoms with Crippen LogP contribution in [-0.2, 0) is 11.2 Å². The number of non-ortho nitro benzene ring substituents is 1. The summed E-state index contributed by atoms with van der Waals surface area (Å²) in [4.78, 5) is 34.1. The van der Waals surface area contributed by atoms with Crippen molar-refractivity contribution in [1.29, 1.82) is 0 Å². The number of Topliss-reactive ketones (excluding diaryl/α,β-unsaturated/α-hetero) is 2. The van der Waals surface area contributed by atoms with E-state index in [1.165, 1.54) is 12.1 Å². The van der Waals surface area contributed by atoms with Gasteiger partial charge in [0, 0.05) is 37.0 Å². The number of fused-ring (bicyclic) bond motifs is 1. The predicted molar refractivity (Wildman–Crippen MR) is 71.7 cm³/mol. The second kappa shape index (κ2) is 4.51. The molecule has 2 aliphatic carbocycles. The van der Waals surface area contributed by atoms with Gasteiger partial charge in [-0.3, -0.25) is 19.7 Å². The van der Waals surface area contributed by atoms with Gasteiger partial charge in [0.1, 0.15) is 5.78 Å². The van der Waals surface area contributed by atoms with E-state index in [0.29, 0.717) is 31.2 Å². The normalized spacial score (nSPS) is 20.8. The van der Waals surface area contributed by atoms with Gasteiger partial charge < -0.3 is 0 Å². The van der Waals surface area contributed by atoms with Crippen LogP contribution in [0, 0.1) is 15.5 Å². The summed E-state index contributed by atoms with van der Waals surface area (Å²) >= 11 is 0. The van der Waals surface area contributed by atoms with Gasteiger partial charge in [-0.05, 0) is 36.3 Å². The highest BCUT2D eigenvalue weighted by Gasteiger charge is 2.41. The molecular weight excluding hydrogens is 258 g/mol. The Morgan fingerprint density at radius 1 is 1.10 bits per heavy atom. The van der Waals surface area contributed by atoms with Crippen molar-refractivity contribution in [3.05, 3.63) is 39.4 Å². The molecule has 1 fully saturated rings. The molecule has 0 aliphatic heterocycles. The molecule has 0 saturated heterocycles. The van der Waals surface area contributed by atoms with E-state index < -0.39 is 4.92 Å². The van der Waals surface area contributed by atoms with Crippen molar-refractivity contribution in [3.63, 3.8) is 0 Å². The number of rotatable bonds is 1. The van der Waals surface area contributed by atoms with Crippen LogP contribution < -0.4 is 0 Å². The maximum absolute atomic E-state index is 12.3. The SMILES string of the molecule is O=C1CCC2(CC1)CC(=O)c1ccc([N+](=O)[O-])cc1C2. The topological polar surface area (TPSA) is 77.3 Å². The van der Waals surface area contributed by atoms with Crippen LogP contribution in [0.4, 0.5) is 5.69 Å². The van der Waals surface area contributed by atoms with Gasteiger partial charge in [0.25, 0.3) is 5.69 Å². The van der Waals surface area contributed by atoms with Gasteiger partial charge in [-0.15, -0.1) is 0 Å². The molecule has 0 aromatic heterocycles. The van der Waals surface area contributed by atoms with Crippen molar-refractivity contribution >= 4 is 17.3 Å². The van der Waals surface area contributed by atoms with E-state index in [-0.39, 0.29) is 22.7 Å². The Kier molecular flexibility index (Phi) is 2.92. The first kappa shape index (κ1) is 13.0. The van der Waals surface area contributed by atoms with Gasteiger partial charge in [0.05, 0.1) is 4.92 Å². The molecule has 3 rings (SSSR count). The predicted octanol–water partition coefficient (Wildman–Crippen LogP) is 2.85. The Bertz CT molecular complexity index is 610. The number of carbonyl (C=O) groups is 2. The van der Waals surface area contributed by atoms with E-state index in [1.54, 1.807) is 6.07 Å². The average molecular weight is 273 g/mol. The van der Waals surface area contributed by atoms with Crippen LogP contribution in [-0.4, -0.2) is 16.5 Å². The molecule has 0 heterocycles. The van der Waals surface area contributed by atoms with E-state index in [4.69, 9.17) is 0 Å². The van der Waals surface area contributed by atoms with Crippen molar-refractivity contribution in [3.8, 4) is 0 Å². The lowest BCUT2D eigenvalue weighted by atomic mass is 9.63. The molecule has 1 saturated carbocycles. The summed E-state index contributed by atoms with van der Waals surface area (Å²) in [5, 5.41) is 10.9.